The lowest BCUT2D eigenvalue weighted by atomic mass is 10.0. The van der Waals surface area contributed by atoms with Crippen LogP contribution < -0.4 is 21.3 Å². The normalized spacial score (nSPS) is 10.8. The maximum absolute atomic E-state index is 12.7. The van der Waals surface area contributed by atoms with E-state index >= 15 is 0 Å². The Morgan fingerprint density at radius 3 is 1.54 bits per heavy atom. The quantitative estimate of drug-likeness (QED) is 0.140. The Hall–Kier alpha value is -4.86. The third-order valence-electron chi connectivity index (χ3n) is 6.76. The molecule has 0 fully saturated rings. The molecule has 6 rings (SSSR count). The molecule has 0 saturated heterocycles. The topological polar surface area (TPSA) is 108 Å². The summed E-state index contributed by atoms with van der Waals surface area (Å²) in [6.45, 7) is 0. The number of rotatable bonds is 6. The Bertz CT molecular complexity index is 2090. The van der Waals surface area contributed by atoms with Crippen LogP contribution in [0.15, 0.2) is 109 Å². The summed E-state index contributed by atoms with van der Waals surface area (Å²) in [4.78, 5) is 35.0. The number of nitrogens with one attached hydrogen (secondary N) is 4. The predicted octanol–water partition coefficient (Wildman–Crippen LogP) is 10.9. The molecule has 0 saturated carbocycles. The molecular weight excluding hydrogens is 666 g/mol. The van der Waals surface area contributed by atoms with Gasteiger partial charge < -0.3 is 21.3 Å². The molecule has 0 atom stereocenters. The molecule has 5 aromatic carbocycles. The van der Waals surface area contributed by atoms with Gasteiger partial charge in [0, 0.05) is 39.3 Å². The number of hydrogen-bond donors (Lipinski definition) is 4. The molecule has 4 amide bonds. The fraction of sp³-hybridized carbons (Fsp3) is 0. The summed E-state index contributed by atoms with van der Waals surface area (Å²) in [5, 5.41) is 13.3. The zero-order chi connectivity index (χ0) is 32.2. The van der Waals surface area contributed by atoms with E-state index in [2.05, 4.69) is 21.3 Å². The van der Waals surface area contributed by atoms with Crippen LogP contribution in [0.3, 0.4) is 0 Å². The lowest BCUT2D eigenvalue weighted by molar-refractivity contribution is 0.261. The molecule has 0 spiro atoms. The van der Waals surface area contributed by atoms with E-state index in [0.717, 1.165) is 16.5 Å². The van der Waals surface area contributed by atoms with Crippen LogP contribution in [-0.4, -0.2) is 22.0 Å². The van der Waals surface area contributed by atoms with E-state index in [1.54, 1.807) is 54.6 Å². The first-order valence-electron chi connectivity index (χ1n) is 13.8. The van der Waals surface area contributed by atoms with Crippen molar-refractivity contribution in [2.45, 2.75) is 0 Å². The fourth-order valence-electron chi connectivity index (χ4n) is 4.59. The molecule has 6 aromatic rings. The minimum absolute atomic E-state index is 0.335. The molecule has 0 bridgehead atoms. The van der Waals surface area contributed by atoms with Crippen LogP contribution in [-0.2, 0) is 0 Å². The van der Waals surface area contributed by atoms with Crippen molar-refractivity contribution in [1.82, 2.24) is 9.97 Å². The van der Waals surface area contributed by atoms with Crippen LogP contribution in [0.1, 0.15) is 0 Å². The Kier molecular flexibility index (Phi) is 9.23. The number of fused-ring (bicyclic) bond motifs is 1. The highest BCUT2D eigenvalue weighted by Crippen LogP contribution is 2.32. The molecule has 0 aliphatic heterocycles. The smallest absolute Gasteiger partial charge is 0.308 e. The monoisotopic (exact) mass is 686 g/mol. The van der Waals surface area contributed by atoms with Crippen LogP contribution >= 0.6 is 46.4 Å². The van der Waals surface area contributed by atoms with Gasteiger partial charge in [0.1, 0.15) is 0 Å². The van der Waals surface area contributed by atoms with Crippen molar-refractivity contribution in [2.75, 3.05) is 21.3 Å². The van der Waals surface area contributed by atoms with Crippen molar-refractivity contribution < 1.29 is 9.59 Å². The first-order valence-corrected chi connectivity index (χ1v) is 15.3. The minimum Gasteiger partial charge on any atom is -0.308 e. The second-order valence-electron chi connectivity index (χ2n) is 9.99. The largest absolute Gasteiger partial charge is 0.323 e. The molecule has 1 heterocycles. The van der Waals surface area contributed by atoms with Crippen molar-refractivity contribution in [1.29, 1.82) is 0 Å². The van der Waals surface area contributed by atoms with Gasteiger partial charge in [-0.15, -0.1) is 0 Å². The minimum atomic E-state index is -0.448. The van der Waals surface area contributed by atoms with E-state index in [0.29, 0.717) is 59.9 Å². The van der Waals surface area contributed by atoms with E-state index in [9.17, 15) is 9.59 Å². The van der Waals surface area contributed by atoms with Crippen LogP contribution in [0.2, 0.25) is 20.1 Å². The van der Waals surface area contributed by atoms with Crippen LogP contribution in [0.4, 0.5) is 32.3 Å². The van der Waals surface area contributed by atoms with Crippen molar-refractivity contribution in [2.24, 2.45) is 0 Å². The summed E-state index contributed by atoms with van der Waals surface area (Å²) in [6, 6.07) is 31.1. The molecule has 1 aromatic heterocycles. The molecule has 4 N–H and O–H groups in total. The van der Waals surface area contributed by atoms with Crippen LogP contribution in [0, 0.1) is 0 Å². The lowest BCUT2D eigenvalue weighted by Gasteiger charge is -2.13. The van der Waals surface area contributed by atoms with E-state index in [-0.39, 0.29) is 0 Å². The zero-order valence-electron chi connectivity index (χ0n) is 23.6. The van der Waals surface area contributed by atoms with Gasteiger partial charge in [0.05, 0.1) is 31.3 Å². The number of halogens is 4. The Labute approximate surface area is 283 Å². The van der Waals surface area contributed by atoms with Crippen molar-refractivity contribution in [3.63, 3.8) is 0 Å². The standard InChI is InChI=1S/C34H22Cl4N6O2/c35-26-13-10-23(17-28(26)37)41-33(45)39-21-8-6-20(7-9-21)32-43-30-15-12-22(16-25(30)31(44-32)19-4-2-1-3-5-19)40-34(46)42-24-11-14-27(36)29(38)18-24/h1-18H,(H2,39,41,45)(H2,40,42,46). The predicted molar refractivity (Wildman–Crippen MR) is 189 cm³/mol. The number of carbonyl (C=O) groups is 2. The summed E-state index contributed by atoms with van der Waals surface area (Å²) >= 11 is 24.0. The fourth-order valence-corrected chi connectivity index (χ4v) is 5.18. The summed E-state index contributed by atoms with van der Waals surface area (Å²) in [5.74, 6) is 0.497. The molecule has 8 nitrogen and oxygen atoms in total. The third kappa shape index (κ3) is 7.33. The molecule has 0 radical (unpaired) electrons. The maximum Gasteiger partial charge on any atom is 0.323 e. The molecule has 0 aliphatic rings. The first-order chi connectivity index (χ1) is 22.2. The van der Waals surface area contributed by atoms with Crippen LogP contribution in [0.25, 0.3) is 33.5 Å². The number of nitrogens with zero attached hydrogens (tertiary/aromatic N) is 2. The van der Waals surface area contributed by atoms with E-state index in [4.69, 9.17) is 56.4 Å². The third-order valence-corrected chi connectivity index (χ3v) is 8.23. The summed E-state index contributed by atoms with van der Waals surface area (Å²) < 4.78 is 0. The van der Waals surface area contributed by atoms with Gasteiger partial charge in [0.15, 0.2) is 5.82 Å². The number of amides is 4. The summed E-state index contributed by atoms with van der Waals surface area (Å²) in [7, 11) is 0. The zero-order valence-corrected chi connectivity index (χ0v) is 26.6. The molecule has 46 heavy (non-hydrogen) atoms. The highest BCUT2D eigenvalue weighted by atomic mass is 35.5. The number of aromatic nitrogens is 2. The molecule has 0 unspecified atom stereocenters. The van der Waals surface area contributed by atoms with Crippen molar-refractivity contribution >= 4 is 92.1 Å². The van der Waals surface area contributed by atoms with Gasteiger partial charge in [-0.1, -0.05) is 76.7 Å². The lowest BCUT2D eigenvalue weighted by Crippen LogP contribution is -2.19. The van der Waals surface area contributed by atoms with Gasteiger partial charge in [-0.05, 0) is 78.9 Å². The van der Waals surface area contributed by atoms with E-state index in [1.165, 1.54) is 0 Å². The SMILES string of the molecule is O=C(Nc1ccc(-c2nc(-c3ccccc3)c3cc(NC(=O)Nc4ccc(Cl)c(Cl)c4)ccc3n2)cc1)Nc1ccc(Cl)c(Cl)c1. The highest BCUT2D eigenvalue weighted by Gasteiger charge is 2.14. The van der Waals surface area contributed by atoms with E-state index < -0.39 is 12.1 Å². The Morgan fingerprint density at radius 2 is 0.978 bits per heavy atom. The summed E-state index contributed by atoms with van der Waals surface area (Å²) in [6.07, 6.45) is 0. The average Bonchev–Trinajstić information content (AvgIpc) is 3.05. The van der Waals surface area contributed by atoms with Crippen molar-refractivity contribution in [3.8, 4) is 22.6 Å². The molecule has 228 valence electrons. The van der Waals surface area contributed by atoms with Gasteiger partial charge in [0.25, 0.3) is 0 Å². The number of benzene rings is 5. The van der Waals surface area contributed by atoms with Gasteiger partial charge in [-0.3, -0.25) is 0 Å². The summed E-state index contributed by atoms with van der Waals surface area (Å²) in [5.41, 5.74) is 5.13. The van der Waals surface area contributed by atoms with Crippen molar-refractivity contribution in [3.05, 3.63) is 129 Å². The molecule has 12 heteroatoms. The average molecular weight is 688 g/mol. The van der Waals surface area contributed by atoms with Gasteiger partial charge in [-0.25, -0.2) is 19.6 Å². The molecular formula is C34H22Cl4N6O2. The second-order valence-corrected chi connectivity index (χ2v) is 11.6. The van der Waals surface area contributed by atoms with Gasteiger partial charge in [0.2, 0.25) is 0 Å². The molecule has 0 aliphatic carbocycles. The van der Waals surface area contributed by atoms with Gasteiger partial charge in [-0.2, -0.15) is 0 Å². The maximum atomic E-state index is 12.7. The number of urea groups is 2. The van der Waals surface area contributed by atoms with E-state index in [1.807, 2.05) is 54.6 Å². The number of carbonyl (C=O) groups excluding carboxylic acids is 2. The number of anilines is 4. The van der Waals surface area contributed by atoms with Crippen LogP contribution in [0.5, 0.6) is 0 Å². The van der Waals surface area contributed by atoms with Gasteiger partial charge >= 0.3 is 12.1 Å². The Balaban J connectivity index is 1.24. The second kappa shape index (κ2) is 13.6. The highest BCUT2D eigenvalue weighted by molar-refractivity contribution is 6.42. The Morgan fingerprint density at radius 1 is 0.478 bits per heavy atom. The first kappa shape index (κ1) is 31.1. The number of hydrogen-bond acceptors (Lipinski definition) is 4.